The van der Waals surface area contributed by atoms with E-state index in [9.17, 15) is 0 Å². The summed E-state index contributed by atoms with van der Waals surface area (Å²) in [6.07, 6.45) is 6.01. The minimum Gasteiger partial charge on any atom is -0.466 e. The highest BCUT2D eigenvalue weighted by Gasteiger charge is 2.27. The van der Waals surface area contributed by atoms with Crippen molar-refractivity contribution < 1.29 is 9.47 Å². The molecular formula is C15H16Cl2N2O2S. The van der Waals surface area contributed by atoms with Gasteiger partial charge in [-0.1, -0.05) is 35.4 Å². The van der Waals surface area contributed by atoms with E-state index in [2.05, 4.69) is 17.1 Å². The third-order valence-corrected chi connectivity index (χ3v) is 5.71. The normalized spacial score (nSPS) is 21.5. The van der Waals surface area contributed by atoms with E-state index in [1.54, 1.807) is 24.5 Å². The van der Waals surface area contributed by atoms with Crippen molar-refractivity contribution in [2.24, 2.45) is 5.73 Å². The van der Waals surface area contributed by atoms with Gasteiger partial charge in [-0.25, -0.2) is 4.98 Å². The van der Waals surface area contributed by atoms with Crippen molar-refractivity contribution in [1.29, 1.82) is 0 Å². The zero-order chi connectivity index (χ0) is 15.7. The Hall–Kier alpha value is -0.850. The van der Waals surface area contributed by atoms with Crippen LogP contribution >= 0.6 is 34.5 Å². The van der Waals surface area contributed by atoms with E-state index in [1.807, 2.05) is 0 Å². The molecule has 0 saturated carbocycles. The molecule has 0 bridgehead atoms. The predicted molar refractivity (Wildman–Crippen MR) is 91.2 cm³/mol. The Morgan fingerprint density at radius 3 is 2.86 bits per heavy atom. The summed E-state index contributed by atoms with van der Waals surface area (Å²) >= 11 is 14.2. The summed E-state index contributed by atoms with van der Waals surface area (Å²) in [5, 5.41) is 0.971. The fourth-order valence-corrected chi connectivity index (χ4v) is 4.53. The first-order valence-electron chi connectivity index (χ1n) is 6.92. The molecule has 0 fully saturated rings. The largest absolute Gasteiger partial charge is 0.466 e. The third-order valence-electron chi connectivity index (χ3n) is 3.69. The number of nitrogens with two attached hydrogens (primary N) is 1. The van der Waals surface area contributed by atoms with Crippen LogP contribution < -0.4 is 10.5 Å². The minimum absolute atomic E-state index is 0.0642. The molecule has 2 heterocycles. The second-order valence-electron chi connectivity index (χ2n) is 5.17. The molecule has 4 nitrogen and oxygen atoms in total. The molecule has 0 aliphatic heterocycles. The van der Waals surface area contributed by atoms with Crippen LogP contribution in [0.5, 0.6) is 5.75 Å². The average molecular weight is 359 g/mol. The van der Waals surface area contributed by atoms with E-state index in [-0.39, 0.29) is 18.8 Å². The van der Waals surface area contributed by atoms with Crippen LogP contribution in [0.15, 0.2) is 18.2 Å². The van der Waals surface area contributed by atoms with Gasteiger partial charge in [0.25, 0.3) is 0 Å². The molecule has 1 aliphatic rings. The van der Waals surface area contributed by atoms with Gasteiger partial charge in [0.05, 0.1) is 9.72 Å². The Bertz CT molecular complexity index is 717. The van der Waals surface area contributed by atoms with Gasteiger partial charge in [0.2, 0.25) is 0 Å². The molecule has 1 aliphatic carbocycles. The lowest BCUT2D eigenvalue weighted by Gasteiger charge is -2.24. The number of hydrogen-bond acceptors (Lipinski definition) is 5. The number of pyridine rings is 1. The molecular weight excluding hydrogens is 343 g/mol. The van der Waals surface area contributed by atoms with Crippen LogP contribution in [-0.4, -0.2) is 24.9 Å². The maximum atomic E-state index is 6.56. The van der Waals surface area contributed by atoms with Crippen molar-refractivity contribution in [1.82, 2.24) is 4.98 Å². The highest BCUT2D eigenvalue weighted by atomic mass is 35.5. The van der Waals surface area contributed by atoms with Crippen molar-refractivity contribution in [3.63, 3.8) is 0 Å². The molecule has 2 N–H and O–H groups in total. The number of methoxy groups -OCH3 is 1. The molecule has 2 aromatic heterocycles. The number of halogens is 2. The van der Waals surface area contributed by atoms with Crippen molar-refractivity contribution in [2.45, 2.75) is 24.8 Å². The van der Waals surface area contributed by atoms with Crippen LogP contribution in [0.25, 0.3) is 10.2 Å². The first kappa shape index (κ1) is 16.0. The van der Waals surface area contributed by atoms with E-state index in [0.29, 0.717) is 21.4 Å². The molecule has 3 rings (SSSR count). The maximum Gasteiger partial charge on any atom is 0.188 e. The van der Waals surface area contributed by atoms with Gasteiger partial charge in [-0.15, -0.1) is 11.3 Å². The van der Waals surface area contributed by atoms with Gasteiger partial charge in [0.15, 0.2) is 6.79 Å². The van der Waals surface area contributed by atoms with Crippen LogP contribution in [0.4, 0.5) is 0 Å². The van der Waals surface area contributed by atoms with E-state index >= 15 is 0 Å². The fourth-order valence-electron chi connectivity index (χ4n) is 2.60. The number of hydrogen-bond donors (Lipinski definition) is 1. The van der Waals surface area contributed by atoms with Gasteiger partial charge >= 0.3 is 0 Å². The molecule has 2 atom stereocenters. The van der Waals surface area contributed by atoms with E-state index < -0.39 is 0 Å². The highest BCUT2D eigenvalue weighted by Crippen LogP contribution is 2.46. The molecule has 7 heteroatoms. The summed E-state index contributed by atoms with van der Waals surface area (Å²) in [5.41, 5.74) is 6.92. The summed E-state index contributed by atoms with van der Waals surface area (Å²) < 4.78 is 11.4. The molecule has 22 heavy (non-hydrogen) atoms. The second-order valence-corrected chi connectivity index (χ2v) is 6.98. The summed E-state index contributed by atoms with van der Waals surface area (Å²) in [4.78, 5) is 5.40. The quantitative estimate of drug-likeness (QED) is 0.501. The van der Waals surface area contributed by atoms with Crippen LogP contribution in [-0.2, 0) is 4.74 Å². The lowest BCUT2D eigenvalue weighted by molar-refractivity contribution is 0.0523. The van der Waals surface area contributed by atoms with Gasteiger partial charge in [0, 0.05) is 30.0 Å². The molecule has 0 spiro atoms. The first-order chi connectivity index (χ1) is 10.6. The molecule has 2 aromatic rings. The third kappa shape index (κ3) is 2.96. The number of ether oxygens (including phenoxy) is 2. The smallest absolute Gasteiger partial charge is 0.188 e. The van der Waals surface area contributed by atoms with Crippen molar-refractivity contribution in [3.8, 4) is 5.75 Å². The van der Waals surface area contributed by atoms with E-state index in [4.69, 9.17) is 38.4 Å². The monoisotopic (exact) mass is 358 g/mol. The number of aromatic nitrogens is 1. The molecule has 0 unspecified atom stereocenters. The maximum absolute atomic E-state index is 6.56. The predicted octanol–water partition coefficient (Wildman–Crippen LogP) is 4.35. The zero-order valence-electron chi connectivity index (χ0n) is 12.0. The number of rotatable bonds is 4. The molecule has 0 saturated heterocycles. The zero-order valence-corrected chi connectivity index (χ0v) is 14.3. The Balaban J connectivity index is 2.09. The lowest BCUT2D eigenvalue weighted by Crippen LogP contribution is -2.29. The fraction of sp³-hybridized carbons (Fsp3) is 0.400. The number of fused-ring (bicyclic) bond motifs is 1. The summed E-state index contributed by atoms with van der Waals surface area (Å²) in [7, 11) is 1.57. The number of thiophene rings is 1. The Labute approximate surface area is 142 Å². The number of nitrogens with zero attached hydrogens (tertiary/aromatic N) is 1. The molecule has 0 aromatic carbocycles. The second kappa shape index (κ2) is 6.72. The SMILES string of the molecule is COCOc1cc(Cl)nc2c(Cl)c([C@H]3CC=CC[C@@H]3N)sc12. The van der Waals surface area contributed by atoms with Crippen molar-refractivity contribution >= 4 is 44.8 Å². The van der Waals surface area contributed by atoms with Gasteiger partial charge in [-0.2, -0.15) is 0 Å². The molecule has 0 radical (unpaired) electrons. The van der Waals surface area contributed by atoms with Gasteiger partial charge in [0.1, 0.15) is 16.4 Å². The average Bonchev–Trinajstić information content (AvgIpc) is 2.83. The van der Waals surface area contributed by atoms with Gasteiger partial charge in [-0.3, -0.25) is 0 Å². The Kier molecular flexibility index (Phi) is 4.90. The standard InChI is InChI=1S/C15H16Cl2N2O2S/c1-20-7-21-10-6-11(16)19-13-12(17)14(22-15(10)13)8-4-2-3-5-9(8)18/h2-3,6,8-9H,4-5,7,18H2,1H3/t8-,9-/m0/s1. The first-order valence-corrected chi connectivity index (χ1v) is 8.49. The topological polar surface area (TPSA) is 57.4 Å². The van der Waals surface area contributed by atoms with Gasteiger partial charge in [-0.05, 0) is 12.8 Å². The van der Waals surface area contributed by atoms with Crippen LogP contribution in [0, 0.1) is 0 Å². The van der Waals surface area contributed by atoms with Crippen LogP contribution in [0.1, 0.15) is 23.6 Å². The number of allylic oxidation sites excluding steroid dienone is 1. The lowest BCUT2D eigenvalue weighted by atomic mass is 9.88. The van der Waals surface area contributed by atoms with Crippen LogP contribution in [0.3, 0.4) is 0 Å². The summed E-state index contributed by atoms with van der Waals surface area (Å²) in [5.74, 6) is 0.834. The Morgan fingerprint density at radius 1 is 1.36 bits per heavy atom. The van der Waals surface area contributed by atoms with Crippen LogP contribution in [0.2, 0.25) is 10.2 Å². The van der Waals surface area contributed by atoms with Crippen molar-refractivity contribution in [2.75, 3.05) is 13.9 Å². The minimum atomic E-state index is 0.0642. The van der Waals surface area contributed by atoms with E-state index in [1.165, 1.54) is 0 Å². The van der Waals surface area contributed by atoms with E-state index in [0.717, 1.165) is 22.4 Å². The van der Waals surface area contributed by atoms with Gasteiger partial charge < -0.3 is 15.2 Å². The van der Waals surface area contributed by atoms with Crippen molar-refractivity contribution in [3.05, 3.63) is 33.3 Å². The highest BCUT2D eigenvalue weighted by molar-refractivity contribution is 7.20. The molecule has 0 amide bonds. The summed E-state index contributed by atoms with van der Waals surface area (Å²) in [6.45, 7) is 0.145. The Morgan fingerprint density at radius 2 is 2.14 bits per heavy atom. The molecule has 118 valence electrons. The summed E-state index contributed by atoms with van der Waals surface area (Å²) in [6, 6.07) is 1.75.